The lowest BCUT2D eigenvalue weighted by Crippen LogP contribution is -2.35. The molecule has 0 spiro atoms. The van der Waals surface area contributed by atoms with E-state index in [1.165, 1.54) is 0 Å². The van der Waals surface area contributed by atoms with Crippen molar-refractivity contribution in [3.05, 3.63) is 54.0 Å². The minimum absolute atomic E-state index is 0.0799. The Labute approximate surface area is 180 Å². The number of carbonyl (C=O) groups excluding carboxylic acids is 2. The standard InChI is InChI=1S/C23H26N6O2/c30-22(7-12-29-13-8-24-26-29)28-11-3-4-19(16-28)17-5-6-18-15-21(25-20(18)14-17)23(31)27-9-1-2-10-27/h4-6,8,13-15,25H,1-3,7,9-12,16H2. The summed E-state index contributed by atoms with van der Waals surface area (Å²) in [6, 6.07) is 8.16. The number of hydrogen-bond acceptors (Lipinski definition) is 4. The monoisotopic (exact) mass is 418 g/mol. The van der Waals surface area contributed by atoms with Crippen LogP contribution < -0.4 is 0 Å². The summed E-state index contributed by atoms with van der Waals surface area (Å²) in [5, 5.41) is 8.73. The van der Waals surface area contributed by atoms with Crippen molar-refractivity contribution < 1.29 is 9.59 Å². The Balaban J connectivity index is 1.28. The number of aromatic nitrogens is 4. The highest BCUT2D eigenvalue weighted by molar-refractivity contribution is 5.98. The zero-order chi connectivity index (χ0) is 21.2. The van der Waals surface area contributed by atoms with Crippen molar-refractivity contribution in [2.24, 2.45) is 0 Å². The first-order valence-electron chi connectivity index (χ1n) is 10.9. The minimum atomic E-state index is 0.0799. The third-order valence-corrected chi connectivity index (χ3v) is 6.15. The third-order valence-electron chi connectivity index (χ3n) is 6.15. The van der Waals surface area contributed by atoms with Gasteiger partial charge in [0.05, 0.1) is 12.7 Å². The molecular weight excluding hydrogens is 392 g/mol. The number of aryl methyl sites for hydroxylation is 1. The van der Waals surface area contributed by atoms with Gasteiger partial charge in [-0.25, -0.2) is 0 Å². The zero-order valence-electron chi connectivity index (χ0n) is 17.5. The van der Waals surface area contributed by atoms with Gasteiger partial charge in [-0.2, -0.15) is 0 Å². The van der Waals surface area contributed by atoms with Gasteiger partial charge in [0, 0.05) is 49.7 Å². The van der Waals surface area contributed by atoms with Gasteiger partial charge >= 0.3 is 0 Å². The highest BCUT2D eigenvalue weighted by atomic mass is 16.2. The number of benzene rings is 1. The van der Waals surface area contributed by atoms with Crippen molar-refractivity contribution in [2.45, 2.75) is 32.2 Å². The van der Waals surface area contributed by atoms with Gasteiger partial charge in [-0.1, -0.05) is 23.4 Å². The summed E-state index contributed by atoms with van der Waals surface area (Å²) >= 11 is 0. The molecule has 8 heteroatoms. The zero-order valence-corrected chi connectivity index (χ0v) is 17.5. The molecule has 2 aromatic heterocycles. The Hall–Kier alpha value is -3.42. The lowest BCUT2D eigenvalue weighted by molar-refractivity contribution is -0.131. The van der Waals surface area contributed by atoms with Crippen LogP contribution in [0.5, 0.6) is 0 Å². The number of aromatic amines is 1. The van der Waals surface area contributed by atoms with E-state index in [0.717, 1.165) is 60.9 Å². The van der Waals surface area contributed by atoms with Gasteiger partial charge in [-0.05, 0) is 42.5 Å². The summed E-state index contributed by atoms with van der Waals surface area (Å²) in [6.07, 6.45) is 9.01. The first-order chi connectivity index (χ1) is 15.2. The number of H-pyrrole nitrogens is 1. The molecule has 0 bridgehead atoms. The fourth-order valence-electron chi connectivity index (χ4n) is 4.42. The number of likely N-dealkylation sites (tertiary alicyclic amines) is 1. The van der Waals surface area contributed by atoms with E-state index in [1.54, 1.807) is 17.1 Å². The van der Waals surface area contributed by atoms with Crippen LogP contribution in [0.2, 0.25) is 0 Å². The molecule has 5 rings (SSSR count). The average molecular weight is 419 g/mol. The molecule has 0 atom stereocenters. The summed E-state index contributed by atoms with van der Waals surface area (Å²) < 4.78 is 1.68. The van der Waals surface area contributed by atoms with Crippen molar-refractivity contribution >= 4 is 28.3 Å². The van der Waals surface area contributed by atoms with Crippen LogP contribution >= 0.6 is 0 Å². The van der Waals surface area contributed by atoms with Crippen molar-refractivity contribution in [2.75, 3.05) is 26.2 Å². The van der Waals surface area contributed by atoms with E-state index in [2.05, 4.69) is 33.5 Å². The normalized spacial score (nSPS) is 16.7. The van der Waals surface area contributed by atoms with E-state index >= 15 is 0 Å². The van der Waals surface area contributed by atoms with Gasteiger partial charge in [0.2, 0.25) is 5.91 Å². The van der Waals surface area contributed by atoms with Crippen LogP contribution in [0.25, 0.3) is 16.5 Å². The lowest BCUT2D eigenvalue weighted by Gasteiger charge is -2.28. The molecule has 0 saturated carbocycles. The number of rotatable bonds is 5. The average Bonchev–Trinajstić information content (AvgIpc) is 3.58. The Bertz CT molecular complexity index is 1120. The second-order valence-corrected chi connectivity index (χ2v) is 8.23. The quantitative estimate of drug-likeness (QED) is 0.690. The molecule has 1 N–H and O–H groups in total. The molecule has 160 valence electrons. The smallest absolute Gasteiger partial charge is 0.270 e. The SMILES string of the molecule is O=C(CCn1ccnn1)N1CCC=C(c2ccc3cc(C(=O)N4CCCC4)[nH]c3c2)C1. The second kappa shape index (κ2) is 8.37. The number of hydrogen-bond donors (Lipinski definition) is 1. The van der Waals surface area contributed by atoms with Crippen LogP contribution in [0, 0.1) is 0 Å². The van der Waals surface area contributed by atoms with Gasteiger partial charge in [0.25, 0.3) is 5.91 Å². The Morgan fingerprint density at radius 2 is 1.94 bits per heavy atom. The maximum atomic E-state index is 12.7. The first kappa shape index (κ1) is 19.5. The Morgan fingerprint density at radius 1 is 1.06 bits per heavy atom. The van der Waals surface area contributed by atoms with E-state index in [0.29, 0.717) is 25.2 Å². The molecule has 1 saturated heterocycles. The fourth-order valence-corrected chi connectivity index (χ4v) is 4.42. The highest BCUT2D eigenvalue weighted by Crippen LogP contribution is 2.26. The maximum Gasteiger partial charge on any atom is 0.270 e. The van der Waals surface area contributed by atoms with Crippen LogP contribution in [-0.4, -0.2) is 67.8 Å². The summed E-state index contributed by atoms with van der Waals surface area (Å²) in [7, 11) is 0. The number of fused-ring (bicyclic) bond motifs is 1. The Morgan fingerprint density at radius 3 is 2.74 bits per heavy atom. The topological polar surface area (TPSA) is 87.1 Å². The predicted molar refractivity (Wildman–Crippen MR) is 117 cm³/mol. The van der Waals surface area contributed by atoms with Crippen LogP contribution in [0.1, 0.15) is 41.7 Å². The van der Waals surface area contributed by atoms with Crippen LogP contribution in [-0.2, 0) is 11.3 Å². The fraction of sp³-hybridized carbons (Fsp3) is 0.391. The van der Waals surface area contributed by atoms with E-state index in [4.69, 9.17) is 0 Å². The van der Waals surface area contributed by atoms with Gasteiger partial charge in [-0.15, -0.1) is 5.10 Å². The molecule has 0 radical (unpaired) electrons. The summed E-state index contributed by atoms with van der Waals surface area (Å²) in [5.74, 6) is 0.205. The largest absolute Gasteiger partial charge is 0.351 e. The van der Waals surface area contributed by atoms with Crippen LogP contribution in [0.3, 0.4) is 0 Å². The van der Waals surface area contributed by atoms with Crippen LogP contribution in [0.15, 0.2) is 42.7 Å². The summed E-state index contributed by atoms with van der Waals surface area (Å²) in [4.78, 5) is 32.5. The second-order valence-electron chi connectivity index (χ2n) is 8.23. The molecule has 3 aromatic rings. The number of amides is 2. The minimum Gasteiger partial charge on any atom is -0.351 e. The van der Waals surface area contributed by atoms with Gasteiger partial charge in [0.15, 0.2) is 0 Å². The number of nitrogens with one attached hydrogen (secondary N) is 1. The highest BCUT2D eigenvalue weighted by Gasteiger charge is 2.22. The van der Waals surface area contributed by atoms with Crippen molar-refractivity contribution in [3.63, 3.8) is 0 Å². The van der Waals surface area contributed by atoms with Crippen LogP contribution in [0.4, 0.5) is 0 Å². The molecule has 0 unspecified atom stereocenters. The van der Waals surface area contributed by atoms with Gasteiger partial charge < -0.3 is 14.8 Å². The van der Waals surface area contributed by atoms with Gasteiger partial charge in [0.1, 0.15) is 5.69 Å². The number of carbonyl (C=O) groups is 2. The first-order valence-corrected chi connectivity index (χ1v) is 10.9. The van der Waals surface area contributed by atoms with Crippen molar-refractivity contribution in [1.29, 1.82) is 0 Å². The molecule has 4 heterocycles. The van der Waals surface area contributed by atoms with E-state index in [9.17, 15) is 9.59 Å². The number of nitrogens with zero attached hydrogens (tertiary/aromatic N) is 5. The molecule has 1 fully saturated rings. The molecule has 2 aliphatic rings. The molecule has 8 nitrogen and oxygen atoms in total. The van der Waals surface area contributed by atoms with E-state index in [1.807, 2.05) is 21.9 Å². The maximum absolute atomic E-state index is 12.7. The lowest BCUT2D eigenvalue weighted by atomic mass is 10.00. The van der Waals surface area contributed by atoms with Gasteiger partial charge in [-0.3, -0.25) is 14.3 Å². The molecule has 0 aliphatic carbocycles. The molecule has 2 amide bonds. The predicted octanol–water partition coefficient (Wildman–Crippen LogP) is 2.70. The molecular formula is C23H26N6O2. The molecule has 2 aliphatic heterocycles. The van der Waals surface area contributed by atoms with E-state index < -0.39 is 0 Å². The van der Waals surface area contributed by atoms with E-state index in [-0.39, 0.29) is 11.8 Å². The third kappa shape index (κ3) is 4.10. The summed E-state index contributed by atoms with van der Waals surface area (Å²) in [5.41, 5.74) is 3.83. The summed E-state index contributed by atoms with van der Waals surface area (Å²) in [6.45, 7) is 3.55. The Kier molecular flexibility index (Phi) is 5.28. The molecule has 31 heavy (non-hydrogen) atoms. The molecule has 1 aromatic carbocycles. The van der Waals surface area contributed by atoms with Crippen molar-refractivity contribution in [1.82, 2.24) is 29.8 Å². The van der Waals surface area contributed by atoms with Crippen molar-refractivity contribution in [3.8, 4) is 0 Å².